The standard InChI is InChI=1S/C23H38N6O.HI/c1-3-24-23(26-18-22(30)29-13-4-5-14-29)25-17-20-7-9-21(10-8-20)19-28-12-6-11-27(2)15-16-28;/h7-10H,3-6,11-19H2,1-2H3,(H2,24,25,26);1H. The molecule has 2 heterocycles. The molecule has 0 unspecified atom stereocenters. The van der Waals surface area contributed by atoms with Gasteiger partial charge in [-0.3, -0.25) is 9.69 Å². The fourth-order valence-corrected chi connectivity index (χ4v) is 4.02. The third kappa shape index (κ3) is 8.94. The van der Waals surface area contributed by atoms with E-state index in [4.69, 9.17) is 0 Å². The van der Waals surface area contributed by atoms with Crippen molar-refractivity contribution in [2.45, 2.75) is 39.3 Å². The molecule has 0 spiro atoms. The van der Waals surface area contributed by atoms with E-state index in [9.17, 15) is 4.79 Å². The number of amides is 1. The third-order valence-electron chi connectivity index (χ3n) is 5.87. The molecule has 8 heteroatoms. The number of carbonyl (C=O) groups excluding carboxylic acids is 1. The van der Waals surface area contributed by atoms with Gasteiger partial charge in [-0.05, 0) is 57.5 Å². The lowest BCUT2D eigenvalue weighted by Crippen LogP contribution is -2.44. The van der Waals surface area contributed by atoms with Crippen molar-refractivity contribution in [3.63, 3.8) is 0 Å². The first-order chi connectivity index (χ1) is 14.6. The maximum atomic E-state index is 12.2. The Bertz CT molecular complexity index is 690. The smallest absolute Gasteiger partial charge is 0.241 e. The topological polar surface area (TPSA) is 63.2 Å². The highest BCUT2D eigenvalue weighted by atomic mass is 127. The largest absolute Gasteiger partial charge is 0.357 e. The van der Waals surface area contributed by atoms with Gasteiger partial charge in [-0.2, -0.15) is 0 Å². The first-order valence-corrected chi connectivity index (χ1v) is 11.4. The third-order valence-corrected chi connectivity index (χ3v) is 5.87. The van der Waals surface area contributed by atoms with Gasteiger partial charge in [-0.1, -0.05) is 24.3 Å². The number of likely N-dealkylation sites (tertiary alicyclic amines) is 1. The van der Waals surface area contributed by atoms with Gasteiger partial charge < -0.3 is 20.4 Å². The fraction of sp³-hybridized carbons (Fsp3) is 0.652. The van der Waals surface area contributed by atoms with Gasteiger partial charge in [0, 0.05) is 39.3 Å². The summed E-state index contributed by atoms with van der Waals surface area (Å²) in [4.78, 5) is 23.8. The average molecular weight is 543 g/mol. The molecule has 31 heavy (non-hydrogen) atoms. The van der Waals surface area contributed by atoms with Crippen LogP contribution in [0.4, 0.5) is 0 Å². The van der Waals surface area contributed by atoms with Crippen LogP contribution in [-0.4, -0.2) is 86.0 Å². The van der Waals surface area contributed by atoms with Crippen molar-refractivity contribution in [2.75, 3.05) is 59.4 Å². The summed E-state index contributed by atoms with van der Waals surface area (Å²) in [6, 6.07) is 8.77. The molecule has 0 bridgehead atoms. The Balaban J connectivity index is 0.00000341. The van der Waals surface area contributed by atoms with E-state index in [-0.39, 0.29) is 29.9 Å². The summed E-state index contributed by atoms with van der Waals surface area (Å²) in [6.45, 7) is 11.1. The lowest BCUT2D eigenvalue weighted by molar-refractivity contribution is -0.128. The minimum absolute atomic E-state index is 0. The second kappa shape index (κ2) is 13.9. The molecule has 0 radical (unpaired) electrons. The van der Waals surface area contributed by atoms with Crippen LogP contribution >= 0.6 is 24.0 Å². The zero-order valence-corrected chi connectivity index (χ0v) is 21.4. The molecule has 0 saturated carbocycles. The van der Waals surface area contributed by atoms with Crippen LogP contribution in [0.5, 0.6) is 0 Å². The second-order valence-electron chi connectivity index (χ2n) is 8.39. The molecular weight excluding hydrogens is 503 g/mol. The molecule has 0 aromatic heterocycles. The molecule has 1 aromatic rings. The van der Waals surface area contributed by atoms with Crippen molar-refractivity contribution in [1.82, 2.24) is 25.3 Å². The first-order valence-electron chi connectivity index (χ1n) is 11.4. The summed E-state index contributed by atoms with van der Waals surface area (Å²) in [5.41, 5.74) is 2.53. The van der Waals surface area contributed by atoms with E-state index < -0.39 is 0 Å². The van der Waals surface area contributed by atoms with Gasteiger partial charge in [-0.15, -0.1) is 24.0 Å². The van der Waals surface area contributed by atoms with Crippen molar-refractivity contribution < 1.29 is 4.79 Å². The van der Waals surface area contributed by atoms with Crippen LogP contribution in [0.3, 0.4) is 0 Å². The van der Waals surface area contributed by atoms with Gasteiger partial charge in [0.05, 0.1) is 13.1 Å². The number of nitrogens with one attached hydrogen (secondary N) is 2. The van der Waals surface area contributed by atoms with E-state index in [1.54, 1.807) is 0 Å². The van der Waals surface area contributed by atoms with Crippen molar-refractivity contribution in [1.29, 1.82) is 0 Å². The van der Waals surface area contributed by atoms with Crippen LogP contribution in [0, 0.1) is 0 Å². The number of nitrogens with zero attached hydrogens (tertiary/aromatic N) is 4. The van der Waals surface area contributed by atoms with Gasteiger partial charge >= 0.3 is 0 Å². The Morgan fingerprint density at radius 3 is 2.35 bits per heavy atom. The molecule has 2 fully saturated rings. The molecule has 0 atom stereocenters. The Morgan fingerprint density at radius 1 is 0.935 bits per heavy atom. The predicted molar refractivity (Wildman–Crippen MR) is 138 cm³/mol. The number of carbonyl (C=O) groups is 1. The predicted octanol–water partition coefficient (Wildman–Crippen LogP) is 2.12. The lowest BCUT2D eigenvalue weighted by atomic mass is 10.1. The van der Waals surface area contributed by atoms with E-state index in [1.807, 2.05) is 11.8 Å². The Labute approximate surface area is 204 Å². The van der Waals surface area contributed by atoms with Crippen LogP contribution in [0.2, 0.25) is 0 Å². The summed E-state index contributed by atoms with van der Waals surface area (Å²) in [5, 5.41) is 6.41. The van der Waals surface area contributed by atoms with Crippen molar-refractivity contribution in [3.05, 3.63) is 35.4 Å². The maximum Gasteiger partial charge on any atom is 0.241 e. The molecule has 2 N–H and O–H groups in total. The van der Waals surface area contributed by atoms with Crippen LogP contribution < -0.4 is 10.6 Å². The summed E-state index contributed by atoms with van der Waals surface area (Å²) in [5.74, 6) is 0.852. The summed E-state index contributed by atoms with van der Waals surface area (Å²) in [7, 11) is 2.21. The maximum absolute atomic E-state index is 12.2. The van der Waals surface area contributed by atoms with Crippen molar-refractivity contribution >= 4 is 35.8 Å². The molecule has 3 rings (SSSR count). The van der Waals surface area contributed by atoms with Crippen LogP contribution in [0.25, 0.3) is 0 Å². The van der Waals surface area contributed by atoms with E-state index in [1.165, 1.54) is 30.6 Å². The van der Waals surface area contributed by atoms with E-state index >= 15 is 0 Å². The Morgan fingerprint density at radius 2 is 1.65 bits per heavy atom. The lowest BCUT2D eigenvalue weighted by Gasteiger charge is -2.20. The number of aliphatic imine (C=N–C) groups is 1. The number of rotatable bonds is 7. The molecule has 1 aromatic carbocycles. The molecule has 174 valence electrons. The minimum Gasteiger partial charge on any atom is -0.357 e. The Hall–Kier alpha value is -1.39. The highest BCUT2D eigenvalue weighted by Crippen LogP contribution is 2.11. The van der Waals surface area contributed by atoms with Crippen molar-refractivity contribution in [3.8, 4) is 0 Å². The van der Waals surface area contributed by atoms with Gasteiger partial charge in [0.15, 0.2) is 5.96 Å². The molecule has 2 aliphatic rings. The van der Waals surface area contributed by atoms with Crippen LogP contribution in [0.15, 0.2) is 29.3 Å². The molecule has 7 nitrogen and oxygen atoms in total. The molecule has 2 aliphatic heterocycles. The zero-order valence-electron chi connectivity index (χ0n) is 19.1. The molecular formula is C23H39IN6O. The number of halogens is 1. The SMILES string of the molecule is CCNC(=NCc1ccc(CN2CCCN(C)CC2)cc1)NCC(=O)N1CCCC1.I. The summed E-state index contributed by atoms with van der Waals surface area (Å²) < 4.78 is 0. The number of hydrogen-bond donors (Lipinski definition) is 2. The van der Waals surface area contributed by atoms with E-state index in [2.05, 4.69) is 56.7 Å². The molecule has 2 saturated heterocycles. The van der Waals surface area contributed by atoms with Crippen LogP contribution in [0.1, 0.15) is 37.3 Å². The van der Waals surface area contributed by atoms with Gasteiger partial charge in [0.1, 0.15) is 0 Å². The van der Waals surface area contributed by atoms with E-state index in [0.717, 1.165) is 52.1 Å². The molecule has 1 amide bonds. The number of guanidine groups is 1. The number of hydrogen-bond acceptors (Lipinski definition) is 4. The van der Waals surface area contributed by atoms with Crippen LogP contribution in [-0.2, 0) is 17.9 Å². The van der Waals surface area contributed by atoms with Gasteiger partial charge in [0.25, 0.3) is 0 Å². The highest BCUT2D eigenvalue weighted by Gasteiger charge is 2.17. The normalized spacial score (nSPS) is 18.4. The Kier molecular flexibility index (Phi) is 11.6. The monoisotopic (exact) mass is 542 g/mol. The first kappa shape index (κ1) is 25.9. The fourth-order valence-electron chi connectivity index (χ4n) is 4.02. The average Bonchev–Trinajstić information content (AvgIpc) is 3.22. The molecule has 0 aliphatic carbocycles. The highest BCUT2D eigenvalue weighted by molar-refractivity contribution is 14.0. The zero-order chi connectivity index (χ0) is 21.2. The number of benzene rings is 1. The second-order valence-corrected chi connectivity index (χ2v) is 8.39. The number of likely N-dealkylation sites (N-methyl/N-ethyl adjacent to an activating group) is 1. The van der Waals surface area contributed by atoms with Gasteiger partial charge in [-0.25, -0.2) is 4.99 Å². The minimum atomic E-state index is 0. The van der Waals surface area contributed by atoms with E-state index in [0.29, 0.717) is 19.0 Å². The summed E-state index contributed by atoms with van der Waals surface area (Å²) in [6.07, 6.45) is 3.47. The van der Waals surface area contributed by atoms with Gasteiger partial charge in [0.2, 0.25) is 5.91 Å². The van der Waals surface area contributed by atoms with Crippen molar-refractivity contribution in [2.24, 2.45) is 4.99 Å². The quantitative estimate of drug-likeness (QED) is 0.314. The summed E-state index contributed by atoms with van der Waals surface area (Å²) >= 11 is 0.